The van der Waals surface area contributed by atoms with Crippen molar-refractivity contribution in [1.29, 1.82) is 0 Å². The molecule has 0 unspecified atom stereocenters. The molecular formula is C2HCl3FNO2S. The standard InChI is InChI=1S/C2HCl3FNO2S/c3-1(4)2(5)7-10(6,8)9/h1H. The number of halogens is 4. The van der Waals surface area contributed by atoms with E-state index in [9.17, 15) is 12.3 Å². The van der Waals surface area contributed by atoms with Crippen LogP contribution in [0.4, 0.5) is 3.89 Å². The summed E-state index contributed by atoms with van der Waals surface area (Å²) in [5.74, 6) is 0. The molecule has 8 heteroatoms. The maximum atomic E-state index is 11.6. The summed E-state index contributed by atoms with van der Waals surface area (Å²) in [4.78, 5) is -1.33. The number of rotatable bonds is 2. The minimum Gasteiger partial charge on any atom is -0.170 e. The van der Waals surface area contributed by atoms with Crippen LogP contribution in [0.15, 0.2) is 4.40 Å². The fourth-order valence-electron chi connectivity index (χ4n) is 0.144. The molecule has 0 saturated heterocycles. The van der Waals surface area contributed by atoms with Gasteiger partial charge in [0.1, 0.15) is 0 Å². The molecular weight excluding hydrogens is 227 g/mol. The lowest BCUT2D eigenvalue weighted by Crippen LogP contribution is -2.01. The lowest BCUT2D eigenvalue weighted by atomic mass is 10.9. The van der Waals surface area contributed by atoms with E-state index in [0.717, 1.165) is 0 Å². The van der Waals surface area contributed by atoms with Crippen molar-refractivity contribution in [1.82, 2.24) is 0 Å². The molecule has 60 valence electrons. The van der Waals surface area contributed by atoms with Gasteiger partial charge in [0.2, 0.25) is 0 Å². The van der Waals surface area contributed by atoms with E-state index in [1.807, 2.05) is 0 Å². The SMILES string of the molecule is O=S(=O)(F)N=C(Cl)C(Cl)Cl. The molecule has 0 amide bonds. The second-order valence-electron chi connectivity index (χ2n) is 1.13. The molecule has 0 aliphatic rings. The van der Waals surface area contributed by atoms with E-state index in [-0.39, 0.29) is 0 Å². The van der Waals surface area contributed by atoms with Gasteiger partial charge in [-0.3, -0.25) is 0 Å². The lowest BCUT2D eigenvalue weighted by Gasteiger charge is -1.92. The quantitative estimate of drug-likeness (QED) is 0.410. The van der Waals surface area contributed by atoms with Crippen molar-refractivity contribution >= 4 is 50.4 Å². The Morgan fingerprint density at radius 3 is 2.00 bits per heavy atom. The normalized spacial score (nSPS) is 14.3. The summed E-state index contributed by atoms with van der Waals surface area (Å²) in [5, 5.41) is -0.717. The van der Waals surface area contributed by atoms with Crippen LogP contribution in [-0.4, -0.2) is 18.4 Å². The highest BCUT2D eigenvalue weighted by molar-refractivity contribution is 7.85. The third kappa shape index (κ3) is 5.22. The summed E-state index contributed by atoms with van der Waals surface area (Å²) in [5.41, 5.74) is 0. The number of alkyl halides is 2. The number of nitrogens with zero attached hydrogens (tertiary/aromatic N) is 1. The average molecular weight is 228 g/mol. The van der Waals surface area contributed by atoms with E-state index >= 15 is 0 Å². The van der Waals surface area contributed by atoms with Gasteiger partial charge in [0.15, 0.2) is 10.0 Å². The third-order valence-electron chi connectivity index (χ3n) is 0.376. The first-order valence-electron chi connectivity index (χ1n) is 1.81. The first kappa shape index (κ1) is 10.4. The van der Waals surface area contributed by atoms with Crippen molar-refractivity contribution in [2.45, 2.75) is 4.84 Å². The molecule has 0 atom stereocenters. The zero-order valence-electron chi connectivity index (χ0n) is 4.26. The Bertz CT molecular complexity index is 235. The molecule has 0 heterocycles. The maximum absolute atomic E-state index is 11.6. The zero-order chi connectivity index (χ0) is 8.36. The van der Waals surface area contributed by atoms with Gasteiger partial charge in [-0.25, -0.2) is 0 Å². The molecule has 0 aromatic rings. The van der Waals surface area contributed by atoms with Gasteiger partial charge in [0.25, 0.3) is 0 Å². The number of hydrogen-bond acceptors (Lipinski definition) is 2. The molecule has 3 nitrogen and oxygen atoms in total. The highest BCUT2D eigenvalue weighted by Crippen LogP contribution is 2.10. The summed E-state index contributed by atoms with van der Waals surface area (Å²) < 4.78 is 33.3. The Balaban J connectivity index is 4.49. The average Bonchev–Trinajstić information content (AvgIpc) is 1.60. The molecule has 0 aliphatic carbocycles. The second kappa shape index (κ2) is 3.71. The van der Waals surface area contributed by atoms with Crippen LogP contribution in [0.2, 0.25) is 0 Å². The van der Waals surface area contributed by atoms with E-state index < -0.39 is 20.4 Å². The molecule has 0 saturated carbocycles. The smallest absolute Gasteiger partial charge is 0.170 e. The minimum atomic E-state index is -4.98. The Hall–Kier alpha value is 0.420. The Kier molecular flexibility index (Phi) is 3.86. The predicted molar refractivity (Wildman–Crippen MR) is 38.8 cm³/mol. The zero-order valence-corrected chi connectivity index (χ0v) is 7.35. The molecule has 0 fully saturated rings. The maximum Gasteiger partial charge on any atom is 0.419 e. The molecule has 0 aromatic heterocycles. The van der Waals surface area contributed by atoms with Crippen molar-refractivity contribution in [2.24, 2.45) is 4.40 Å². The summed E-state index contributed by atoms with van der Waals surface area (Å²) in [7, 11) is -4.98. The topological polar surface area (TPSA) is 46.5 Å². The molecule has 10 heavy (non-hydrogen) atoms. The van der Waals surface area contributed by atoms with Gasteiger partial charge in [0, 0.05) is 0 Å². The van der Waals surface area contributed by atoms with Crippen LogP contribution in [0.5, 0.6) is 0 Å². The van der Waals surface area contributed by atoms with Crippen LogP contribution in [-0.2, 0) is 10.4 Å². The molecule has 0 radical (unpaired) electrons. The van der Waals surface area contributed by atoms with Gasteiger partial charge in [0.05, 0.1) is 0 Å². The molecule has 0 aromatic carbocycles. The van der Waals surface area contributed by atoms with Gasteiger partial charge >= 0.3 is 10.4 Å². The van der Waals surface area contributed by atoms with Crippen molar-refractivity contribution in [2.75, 3.05) is 0 Å². The fourth-order valence-corrected chi connectivity index (χ4v) is 0.918. The van der Waals surface area contributed by atoms with Gasteiger partial charge in [-0.15, -0.1) is 4.40 Å². The van der Waals surface area contributed by atoms with Crippen LogP contribution in [0, 0.1) is 0 Å². The third-order valence-corrected chi connectivity index (χ3v) is 1.83. The van der Waals surface area contributed by atoms with E-state index in [0.29, 0.717) is 0 Å². The van der Waals surface area contributed by atoms with Crippen molar-refractivity contribution in [3.8, 4) is 0 Å². The van der Waals surface area contributed by atoms with Crippen molar-refractivity contribution in [3.05, 3.63) is 0 Å². The van der Waals surface area contributed by atoms with Crippen molar-refractivity contribution in [3.63, 3.8) is 0 Å². The highest BCUT2D eigenvalue weighted by atomic mass is 35.5. The van der Waals surface area contributed by atoms with Crippen LogP contribution in [0.25, 0.3) is 0 Å². The summed E-state index contributed by atoms with van der Waals surface area (Å²) in [6, 6.07) is 0. The summed E-state index contributed by atoms with van der Waals surface area (Å²) in [6.45, 7) is 0. The largest absolute Gasteiger partial charge is 0.419 e. The lowest BCUT2D eigenvalue weighted by molar-refractivity contribution is 0.554. The predicted octanol–water partition coefficient (Wildman–Crippen LogP) is 1.64. The fraction of sp³-hybridized carbons (Fsp3) is 0.500. The van der Waals surface area contributed by atoms with Gasteiger partial charge in [-0.1, -0.05) is 38.7 Å². The second-order valence-corrected chi connectivity index (χ2v) is 3.62. The summed E-state index contributed by atoms with van der Waals surface area (Å²) >= 11 is 15.0. The van der Waals surface area contributed by atoms with E-state index in [2.05, 4.69) is 4.40 Å². The Morgan fingerprint density at radius 1 is 1.50 bits per heavy atom. The Labute approximate surface area is 72.1 Å². The van der Waals surface area contributed by atoms with Crippen LogP contribution < -0.4 is 0 Å². The van der Waals surface area contributed by atoms with Gasteiger partial charge < -0.3 is 0 Å². The van der Waals surface area contributed by atoms with Crippen LogP contribution in [0.1, 0.15) is 0 Å². The molecule has 0 spiro atoms. The number of hydrogen-bond donors (Lipinski definition) is 0. The monoisotopic (exact) mass is 227 g/mol. The van der Waals surface area contributed by atoms with Crippen LogP contribution >= 0.6 is 34.8 Å². The van der Waals surface area contributed by atoms with E-state index in [1.165, 1.54) is 0 Å². The molecule has 0 bridgehead atoms. The summed E-state index contributed by atoms with van der Waals surface area (Å²) in [6.07, 6.45) is 0. The van der Waals surface area contributed by atoms with Gasteiger partial charge in [-0.2, -0.15) is 8.42 Å². The minimum absolute atomic E-state index is 0.717. The van der Waals surface area contributed by atoms with E-state index in [4.69, 9.17) is 34.8 Å². The van der Waals surface area contributed by atoms with E-state index in [1.54, 1.807) is 0 Å². The Morgan fingerprint density at radius 2 is 1.90 bits per heavy atom. The molecule has 0 aliphatic heterocycles. The van der Waals surface area contributed by atoms with Crippen LogP contribution in [0.3, 0.4) is 0 Å². The first-order valence-corrected chi connectivity index (χ1v) is 4.40. The van der Waals surface area contributed by atoms with Gasteiger partial charge in [-0.05, 0) is 0 Å². The molecule has 0 N–H and O–H groups in total. The van der Waals surface area contributed by atoms with Crippen molar-refractivity contribution < 1.29 is 12.3 Å². The highest BCUT2D eigenvalue weighted by Gasteiger charge is 2.11. The molecule has 0 rings (SSSR count). The first-order chi connectivity index (χ1) is 4.33.